The molecular formula is C12H11F. The quantitative estimate of drug-likeness (QED) is 0.612. The average molecular weight is 174 g/mol. The van der Waals surface area contributed by atoms with Gasteiger partial charge in [0.1, 0.15) is 5.82 Å². The molecule has 0 spiro atoms. The SMILES string of the molecule is CC1=CC(c2ccc(F)cc2)C=C1. The molecule has 1 aromatic rings. The summed E-state index contributed by atoms with van der Waals surface area (Å²) >= 11 is 0. The first-order valence-corrected chi connectivity index (χ1v) is 4.38. The number of benzene rings is 1. The summed E-state index contributed by atoms with van der Waals surface area (Å²) in [6.45, 7) is 2.07. The molecule has 66 valence electrons. The molecule has 0 heterocycles. The van der Waals surface area contributed by atoms with Gasteiger partial charge in [-0.05, 0) is 24.6 Å². The summed E-state index contributed by atoms with van der Waals surface area (Å²) in [5.41, 5.74) is 2.42. The Morgan fingerprint density at radius 2 is 1.85 bits per heavy atom. The van der Waals surface area contributed by atoms with Gasteiger partial charge in [-0.25, -0.2) is 4.39 Å². The second-order valence-corrected chi connectivity index (χ2v) is 3.35. The van der Waals surface area contributed by atoms with Crippen LogP contribution in [0.2, 0.25) is 0 Å². The van der Waals surface area contributed by atoms with Crippen molar-refractivity contribution in [1.82, 2.24) is 0 Å². The van der Waals surface area contributed by atoms with E-state index in [-0.39, 0.29) is 5.82 Å². The van der Waals surface area contributed by atoms with E-state index < -0.39 is 0 Å². The molecule has 2 rings (SSSR count). The largest absolute Gasteiger partial charge is 0.207 e. The molecule has 1 unspecified atom stereocenters. The Bertz CT molecular complexity index is 357. The molecule has 1 aromatic carbocycles. The van der Waals surface area contributed by atoms with E-state index in [2.05, 4.69) is 25.2 Å². The Labute approximate surface area is 77.4 Å². The Morgan fingerprint density at radius 1 is 1.15 bits per heavy atom. The van der Waals surface area contributed by atoms with Gasteiger partial charge in [0, 0.05) is 5.92 Å². The van der Waals surface area contributed by atoms with E-state index in [9.17, 15) is 4.39 Å². The summed E-state index contributed by atoms with van der Waals surface area (Å²) in [7, 11) is 0. The third-order valence-electron chi connectivity index (χ3n) is 2.26. The van der Waals surface area contributed by atoms with Crippen LogP contribution in [0.5, 0.6) is 0 Å². The van der Waals surface area contributed by atoms with Crippen LogP contribution in [-0.4, -0.2) is 0 Å². The maximum atomic E-state index is 12.6. The van der Waals surface area contributed by atoms with Crippen molar-refractivity contribution in [3.8, 4) is 0 Å². The standard InChI is InChI=1S/C12H11F/c1-9-2-3-11(8-9)10-4-6-12(13)7-5-10/h2-8,11H,1H3. The summed E-state index contributed by atoms with van der Waals surface area (Å²) in [6, 6.07) is 6.67. The topological polar surface area (TPSA) is 0 Å². The molecule has 0 fully saturated rings. The molecule has 0 amide bonds. The van der Waals surface area contributed by atoms with E-state index in [4.69, 9.17) is 0 Å². The van der Waals surface area contributed by atoms with Crippen molar-refractivity contribution in [2.75, 3.05) is 0 Å². The molecule has 0 saturated heterocycles. The van der Waals surface area contributed by atoms with Gasteiger partial charge in [0.25, 0.3) is 0 Å². The summed E-state index contributed by atoms with van der Waals surface area (Å²) in [5, 5.41) is 0. The third kappa shape index (κ3) is 1.69. The second kappa shape index (κ2) is 3.17. The highest BCUT2D eigenvalue weighted by Crippen LogP contribution is 2.25. The molecule has 13 heavy (non-hydrogen) atoms. The summed E-state index contributed by atoms with van der Waals surface area (Å²) < 4.78 is 12.6. The molecule has 0 radical (unpaired) electrons. The molecule has 0 N–H and O–H groups in total. The highest BCUT2D eigenvalue weighted by atomic mass is 19.1. The fourth-order valence-corrected chi connectivity index (χ4v) is 1.54. The number of rotatable bonds is 1. The monoisotopic (exact) mass is 174 g/mol. The van der Waals surface area contributed by atoms with Crippen molar-refractivity contribution >= 4 is 0 Å². The van der Waals surface area contributed by atoms with Gasteiger partial charge in [0.15, 0.2) is 0 Å². The minimum atomic E-state index is -0.175. The van der Waals surface area contributed by atoms with Gasteiger partial charge in [-0.1, -0.05) is 35.9 Å². The lowest BCUT2D eigenvalue weighted by Gasteiger charge is -2.04. The zero-order valence-corrected chi connectivity index (χ0v) is 7.50. The molecule has 0 bridgehead atoms. The molecule has 1 aliphatic carbocycles. The normalized spacial score (nSPS) is 20.5. The number of halogens is 1. The van der Waals surface area contributed by atoms with Crippen LogP contribution in [0.4, 0.5) is 4.39 Å². The lowest BCUT2D eigenvalue weighted by Crippen LogP contribution is -1.88. The zero-order chi connectivity index (χ0) is 9.26. The van der Waals surface area contributed by atoms with Gasteiger partial charge in [-0.3, -0.25) is 0 Å². The molecule has 0 nitrogen and oxygen atoms in total. The van der Waals surface area contributed by atoms with Crippen LogP contribution in [-0.2, 0) is 0 Å². The van der Waals surface area contributed by atoms with Crippen LogP contribution < -0.4 is 0 Å². The number of allylic oxidation sites excluding steroid dienone is 4. The highest BCUT2D eigenvalue weighted by Gasteiger charge is 2.08. The molecule has 1 atom stereocenters. The van der Waals surface area contributed by atoms with E-state index in [1.165, 1.54) is 17.7 Å². The van der Waals surface area contributed by atoms with Crippen molar-refractivity contribution < 1.29 is 4.39 Å². The maximum absolute atomic E-state index is 12.6. The average Bonchev–Trinajstić information content (AvgIpc) is 2.53. The van der Waals surface area contributed by atoms with E-state index in [0.717, 1.165) is 5.56 Å². The van der Waals surface area contributed by atoms with Crippen LogP contribution in [0.3, 0.4) is 0 Å². The summed E-state index contributed by atoms with van der Waals surface area (Å²) in [6.07, 6.45) is 6.39. The van der Waals surface area contributed by atoms with Crippen LogP contribution >= 0.6 is 0 Å². The van der Waals surface area contributed by atoms with E-state index >= 15 is 0 Å². The van der Waals surface area contributed by atoms with E-state index in [1.54, 1.807) is 0 Å². The Balaban J connectivity index is 2.28. The molecule has 1 aliphatic rings. The smallest absolute Gasteiger partial charge is 0.123 e. The molecule has 0 saturated carbocycles. The van der Waals surface area contributed by atoms with Crippen molar-refractivity contribution in [3.05, 3.63) is 59.4 Å². The fourth-order valence-electron chi connectivity index (χ4n) is 1.54. The maximum Gasteiger partial charge on any atom is 0.123 e. The zero-order valence-electron chi connectivity index (χ0n) is 7.50. The predicted molar refractivity (Wildman–Crippen MR) is 52.0 cm³/mol. The third-order valence-corrected chi connectivity index (χ3v) is 2.26. The van der Waals surface area contributed by atoms with E-state index in [0.29, 0.717) is 5.92 Å². The van der Waals surface area contributed by atoms with Gasteiger partial charge >= 0.3 is 0 Å². The first-order chi connectivity index (χ1) is 6.25. The predicted octanol–water partition coefficient (Wildman–Crippen LogP) is 3.43. The van der Waals surface area contributed by atoms with Crippen LogP contribution in [0.25, 0.3) is 0 Å². The number of hydrogen-bond acceptors (Lipinski definition) is 0. The van der Waals surface area contributed by atoms with Gasteiger partial charge in [0.2, 0.25) is 0 Å². The van der Waals surface area contributed by atoms with Crippen molar-refractivity contribution in [2.24, 2.45) is 0 Å². The lowest BCUT2D eigenvalue weighted by molar-refractivity contribution is 0.627. The minimum absolute atomic E-state index is 0.175. The molecule has 0 aromatic heterocycles. The fraction of sp³-hybridized carbons (Fsp3) is 0.167. The Kier molecular flexibility index (Phi) is 2.01. The second-order valence-electron chi connectivity index (χ2n) is 3.35. The summed E-state index contributed by atoms with van der Waals surface area (Å²) in [4.78, 5) is 0. The van der Waals surface area contributed by atoms with Gasteiger partial charge in [-0.2, -0.15) is 0 Å². The number of hydrogen-bond donors (Lipinski definition) is 0. The van der Waals surface area contributed by atoms with Crippen LogP contribution in [0, 0.1) is 5.82 Å². The van der Waals surface area contributed by atoms with Gasteiger partial charge < -0.3 is 0 Å². The molecule has 1 heteroatoms. The van der Waals surface area contributed by atoms with Gasteiger partial charge in [0.05, 0.1) is 0 Å². The van der Waals surface area contributed by atoms with Crippen LogP contribution in [0.15, 0.2) is 48.1 Å². The first kappa shape index (κ1) is 8.24. The lowest BCUT2D eigenvalue weighted by atomic mass is 10.0. The first-order valence-electron chi connectivity index (χ1n) is 4.38. The summed E-state index contributed by atoms with van der Waals surface area (Å²) in [5.74, 6) is 0.159. The molecular weight excluding hydrogens is 163 g/mol. The Hall–Kier alpha value is -1.37. The van der Waals surface area contributed by atoms with Crippen LogP contribution in [0.1, 0.15) is 18.4 Å². The van der Waals surface area contributed by atoms with E-state index in [1.807, 2.05) is 12.1 Å². The highest BCUT2D eigenvalue weighted by molar-refractivity contribution is 5.38. The van der Waals surface area contributed by atoms with Gasteiger partial charge in [-0.15, -0.1) is 0 Å². The molecule has 0 aliphatic heterocycles. The van der Waals surface area contributed by atoms with Crippen molar-refractivity contribution in [2.45, 2.75) is 12.8 Å². The van der Waals surface area contributed by atoms with Crippen molar-refractivity contribution in [3.63, 3.8) is 0 Å². The minimum Gasteiger partial charge on any atom is -0.207 e. The Morgan fingerprint density at radius 3 is 2.38 bits per heavy atom. The van der Waals surface area contributed by atoms with Crippen molar-refractivity contribution in [1.29, 1.82) is 0 Å².